The molecule has 0 fully saturated rings. The molecule has 0 atom stereocenters. The van der Waals surface area contributed by atoms with E-state index in [4.69, 9.17) is 0 Å². The summed E-state index contributed by atoms with van der Waals surface area (Å²) in [6.07, 6.45) is 0.799. The van der Waals surface area contributed by atoms with E-state index in [1.807, 2.05) is 20.8 Å². The standard InChI is InChI=1S/C11H15IO2/c1-6-7(2)11(14)9(4-5-12)8(3)10(6)13/h13-14H,4-5H2,1-3H3. The van der Waals surface area contributed by atoms with Gasteiger partial charge in [-0.1, -0.05) is 22.6 Å². The molecule has 0 aliphatic carbocycles. The second kappa shape index (κ2) is 4.38. The molecular formula is C11H15IO2. The Kier molecular flexibility index (Phi) is 3.64. The van der Waals surface area contributed by atoms with Crippen molar-refractivity contribution in [1.82, 2.24) is 0 Å². The predicted octanol–water partition coefficient (Wildman–Crippen LogP) is 3.00. The fourth-order valence-electron chi connectivity index (χ4n) is 1.58. The Balaban J connectivity index is 3.43. The first-order valence-electron chi connectivity index (χ1n) is 4.57. The summed E-state index contributed by atoms with van der Waals surface area (Å²) in [5, 5.41) is 19.7. The van der Waals surface area contributed by atoms with Gasteiger partial charge >= 0.3 is 0 Å². The number of benzene rings is 1. The molecule has 14 heavy (non-hydrogen) atoms. The molecule has 0 saturated carbocycles. The van der Waals surface area contributed by atoms with Gasteiger partial charge in [0.05, 0.1) is 0 Å². The van der Waals surface area contributed by atoms with E-state index in [0.717, 1.165) is 33.1 Å². The van der Waals surface area contributed by atoms with Crippen molar-refractivity contribution < 1.29 is 10.2 Å². The van der Waals surface area contributed by atoms with Gasteiger partial charge in [-0.25, -0.2) is 0 Å². The summed E-state index contributed by atoms with van der Waals surface area (Å²) in [6, 6.07) is 0. The minimum absolute atomic E-state index is 0.320. The number of hydrogen-bond donors (Lipinski definition) is 2. The molecule has 0 aliphatic heterocycles. The van der Waals surface area contributed by atoms with E-state index in [-0.39, 0.29) is 0 Å². The van der Waals surface area contributed by atoms with Gasteiger partial charge < -0.3 is 10.2 Å². The zero-order valence-electron chi connectivity index (χ0n) is 8.69. The summed E-state index contributed by atoms with van der Waals surface area (Å²) in [7, 11) is 0. The lowest BCUT2D eigenvalue weighted by Gasteiger charge is -2.14. The quantitative estimate of drug-likeness (QED) is 0.501. The Morgan fingerprint density at radius 1 is 0.929 bits per heavy atom. The van der Waals surface area contributed by atoms with E-state index in [1.54, 1.807) is 0 Å². The van der Waals surface area contributed by atoms with Gasteiger partial charge in [0.15, 0.2) is 0 Å². The lowest BCUT2D eigenvalue weighted by molar-refractivity contribution is 0.444. The molecule has 0 amide bonds. The van der Waals surface area contributed by atoms with Gasteiger partial charge in [-0.15, -0.1) is 0 Å². The van der Waals surface area contributed by atoms with Crippen LogP contribution in [0.5, 0.6) is 11.5 Å². The highest BCUT2D eigenvalue weighted by atomic mass is 127. The van der Waals surface area contributed by atoms with Crippen molar-refractivity contribution in [2.75, 3.05) is 4.43 Å². The maximum Gasteiger partial charge on any atom is 0.122 e. The molecule has 3 heteroatoms. The van der Waals surface area contributed by atoms with Crippen LogP contribution < -0.4 is 0 Å². The van der Waals surface area contributed by atoms with E-state index in [0.29, 0.717) is 11.5 Å². The summed E-state index contributed by atoms with van der Waals surface area (Å²) in [5.74, 6) is 0.662. The average Bonchev–Trinajstić information content (AvgIpc) is 2.19. The zero-order chi connectivity index (χ0) is 10.9. The number of aromatic hydroxyl groups is 2. The summed E-state index contributed by atoms with van der Waals surface area (Å²) < 4.78 is 0.939. The van der Waals surface area contributed by atoms with Crippen LogP contribution in [0.25, 0.3) is 0 Å². The van der Waals surface area contributed by atoms with Crippen LogP contribution in [0.2, 0.25) is 0 Å². The van der Waals surface area contributed by atoms with Crippen LogP contribution >= 0.6 is 22.6 Å². The maximum atomic E-state index is 9.90. The molecule has 0 spiro atoms. The monoisotopic (exact) mass is 306 g/mol. The molecule has 0 unspecified atom stereocenters. The number of alkyl halides is 1. The van der Waals surface area contributed by atoms with Gasteiger partial charge in [-0.05, 0) is 43.9 Å². The zero-order valence-corrected chi connectivity index (χ0v) is 10.8. The van der Waals surface area contributed by atoms with Gasteiger partial charge in [0.2, 0.25) is 0 Å². The normalized spacial score (nSPS) is 10.6. The second-order valence-electron chi connectivity index (χ2n) is 3.49. The number of phenolic OH excluding ortho intramolecular Hbond substituents is 2. The van der Waals surface area contributed by atoms with Crippen molar-refractivity contribution in [2.24, 2.45) is 0 Å². The van der Waals surface area contributed by atoms with Crippen molar-refractivity contribution in [1.29, 1.82) is 0 Å². The first-order valence-corrected chi connectivity index (χ1v) is 6.09. The summed E-state index contributed by atoms with van der Waals surface area (Å²) in [4.78, 5) is 0. The van der Waals surface area contributed by atoms with Gasteiger partial charge in [0, 0.05) is 9.99 Å². The first kappa shape index (κ1) is 11.6. The molecule has 2 N–H and O–H groups in total. The third kappa shape index (κ3) is 1.82. The number of hydrogen-bond acceptors (Lipinski definition) is 2. The highest BCUT2D eigenvalue weighted by Gasteiger charge is 2.15. The van der Waals surface area contributed by atoms with Gasteiger partial charge in [-0.2, -0.15) is 0 Å². The van der Waals surface area contributed by atoms with Gasteiger partial charge in [0.25, 0.3) is 0 Å². The van der Waals surface area contributed by atoms with Gasteiger partial charge in [0.1, 0.15) is 11.5 Å². The van der Waals surface area contributed by atoms with Crippen LogP contribution in [0.1, 0.15) is 22.3 Å². The third-order valence-electron chi connectivity index (χ3n) is 2.71. The van der Waals surface area contributed by atoms with Gasteiger partial charge in [-0.3, -0.25) is 0 Å². The summed E-state index contributed by atoms with van der Waals surface area (Å²) in [5.41, 5.74) is 3.24. The third-order valence-corrected chi connectivity index (χ3v) is 3.25. The predicted molar refractivity (Wildman–Crippen MR) is 66.6 cm³/mol. The van der Waals surface area contributed by atoms with Crippen LogP contribution in [-0.2, 0) is 6.42 Å². The molecule has 0 radical (unpaired) electrons. The minimum atomic E-state index is 0.320. The largest absolute Gasteiger partial charge is 0.507 e. The molecular weight excluding hydrogens is 291 g/mol. The Bertz CT molecular complexity index is 330. The Morgan fingerprint density at radius 2 is 1.43 bits per heavy atom. The Labute approximate surface area is 98.1 Å². The Hall–Kier alpha value is -0.450. The van der Waals surface area contributed by atoms with E-state index >= 15 is 0 Å². The fraction of sp³-hybridized carbons (Fsp3) is 0.455. The summed E-state index contributed by atoms with van der Waals surface area (Å²) >= 11 is 2.26. The highest BCUT2D eigenvalue weighted by molar-refractivity contribution is 14.1. The van der Waals surface area contributed by atoms with Crippen molar-refractivity contribution in [3.63, 3.8) is 0 Å². The molecule has 0 saturated heterocycles. The van der Waals surface area contributed by atoms with E-state index in [9.17, 15) is 10.2 Å². The van der Waals surface area contributed by atoms with Crippen LogP contribution in [0, 0.1) is 20.8 Å². The second-order valence-corrected chi connectivity index (χ2v) is 4.57. The van der Waals surface area contributed by atoms with Crippen molar-refractivity contribution in [2.45, 2.75) is 27.2 Å². The molecule has 0 heterocycles. The number of rotatable bonds is 2. The highest BCUT2D eigenvalue weighted by Crippen LogP contribution is 2.36. The molecule has 1 aromatic rings. The molecule has 1 rings (SSSR count). The van der Waals surface area contributed by atoms with Crippen LogP contribution in [-0.4, -0.2) is 14.6 Å². The molecule has 0 bridgehead atoms. The lowest BCUT2D eigenvalue weighted by Crippen LogP contribution is -1.97. The SMILES string of the molecule is Cc1c(C)c(O)c(CCI)c(C)c1O. The van der Waals surface area contributed by atoms with E-state index in [2.05, 4.69) is 22.6 Å². The number of halogens is 1. The summed E-state index contributed by atoms with van der Waals surface area (Å²) in [6.45, 7) is 5.51. The van der Waals surface area contributed by atoms with Crippen LogP contribution in [0.4, 0.5) is 0 Å². The lowest BCUT2D eigenvalue weighted by atomic mass is 9.96. The van der Waals surface area contributed by atoms with Crippen LogP contribution in [0.15, 0.2) is 0 Å². The maximum absolute atomic E-state index is 9.90. The van der Waals surface area contributed by atoms with Crippen molar-refractivity contribution in [3.05, 3.63) is 22.3 Å². The van der Waals surface area contributed by atoms with E-state index in [1.165, 1.54) is 0 Å². The molecule has 78 valence electrons. The molecule has 2 nitrogen and oxygen atoms in total. The molecule has 1 aromatic carbocycles. The first-order chi connectivity index (χ1) is 6.50. The molecule has 0 aliphatic rings. The number of phenols is 2. The van der Waals surface area contributed by atoms with Crippen molar-refractivity contribution in [3.8, 4) is 11.5 Å². The minimum Gasteiger partial charge on any atom is -0.507 e. The molecule has 0 aromatic heterocycles. The topological polar surface area (TPSA) is 40.5 Å². The van der Waals surface area contributed by atoms with Crippen LogP contribution in [0.3, 0.4) is 0 Å². The fourth-order valence-corrected chi connectivity index (χ4v) is 2.12. The van der Waals surface area contributed by atoms with Crippen molar-refractivity contribution >= 4 is 22.6 Å². The average molecular weight is 306 g/mol. The van der Waals surface area contributed by atoms with E-state index < -0.39 is 0 Å². The smallest absolute Gasteiger partial charge is 0.122 e. The Morgan fingerprint density at radius 3 is 1.93 bits per heavy atom.